The average Bonchev–Trinajstić information content (AvgIpc) is 3.10. The van der Waals surface area contributed by atoms with Crippen molar-refractivity contribution in [2.75, 3.05) is 31.2 Å². The van der Waals surface area contributed by atoms with Gasteiger partial charge in [0, 0.05) is 31.4 Å². The molecule has 4 N–H and O–H groups in total. The highest BCUT2D eigenvalue weighted by molar-refractivity contribution is 6.12. The summed E-state index contributed by atoms with van der Waals surface area (Å²) in [5.41, 5.74) is 5.73. The molecule has 0 radical (unpaired) electrons. The number of benzene rings is 2. The monoisotopic (exact) mass is 412 g/mol. The molecule has 2 aliphatic rings. The van der Waals surface area contributed by atoms with Crippen LogP contribution in [0, 0.1) is 0 Å². The molecule has 0 spiro atoms. The number of nitrogens with zero attached hydrogens (tertiary/aromatic N) is 3. The van der Waals surface area contributed by atoms with Gasteiger partial charge in [0.2, 0.25) is 6.35 Å². The first-order valence-corrected chi connectivity index (χ1v) is 10.2. The number of phenolic OH excluding ortho intramolecular Hbond substituents is 2. The van der Waals surface area contributed by atoms with Crippen LogP contribution in [0.2, 0.25) is 0 Å². The number of rotatable bonds is 5. The minimum atomic E-state index is -1.05. The smallest absolute Gasteiger partial charge is 0.225 e. The highest BCUT2D eigenvalue weighted by Crippen LogP contribution is 2.35. The van der Waals surface area contributed by atoms with Crippen LogP contribution >= 0.6 is 0 Å². The van der Waals surface area contributed by atoms with Gasteiger partial charge in [-0.2, -0.15) is 5.10 Å². The molecule has 2 aromatic carbocycles. The number of aliphatic hydroxyl groups excluding tert-OH is 1. The minimum Gasteiger partial charge on any atom is -0.508 e. The second kappa shape index (κ2) is 8.51. The van der Waals surface area contributed by atoms with Crippen molar-refractivity contribution in [1.82, 2.24) is 10.3 Å². The van der Waals surface area contributed by atoms with Crippen LogP contribution in [0.3, 0.4) is 0 Å². The molecule has 2 heterocycles. The number of hydrogen-bond donors (Lipinski definition) is 4. The summed E-state index contributed by atoms with van der Waals surface area (Å²) in [5.74, 6) is 0.401. The van der Waals surface area contributed by atoms with Crippen LogP contribution in [0.5, 0.6) is 11.5 Å². The topological polar surface area (TPSA) is 101 Å². The Balaban J connectivity index is 1.59. The Bertz CT molecular complexity index is 923. The number of nitrogens with one attached hydrogen (secondary N) is 1. The van der Waals surface area contributed by atoms with E-state index in [0.717, 1.165) is 38.5 Å². The van der Waals surface area contributed by atoms with E-state index >= 15 is 0 Å². The van der Waals surface area contributed by atoms with Gasteiger partial charge < -0.3 is 20.1 Å². The molecule has 0 saturated carbocycles. The highest BCUT2D eigenvalue weighted by atomic mass is 16.5. The van der Waals surface area contributed by atoms with Gasteiger partial charge in [0.1, 0.15) is 11.5 Å². The summed E-state index contributed by atoms with van der Waals surface area (Å²) in [6.45, 7) is 8.14. The van der Waals surface area contributed by atoms with E-state index < -0.39 is 6.35 Å². The fraction of sp³-hybridized carbons (Fsp3) is 0.409. The molecular weight excluding hydrogens is 384 g/mol. The number of aliphatic hydroxyl groups is 1. The number of morpholine rings is 1. The predicted molar refractivity (Wildman–Crippen MR) is 115 cm³/mol. The molecule has 1 atom stereocenters. The van der Waals surface area contributed by atoms with Gasteiger partial charge in [0.25, 0.3) is 0 Å². The first-order chi connectivity index (χ1) is 14.4. The molecule has 8 nitrogen and oxygen atoms in total. The zero-order valence-electron chi connectivity index (χ0n) is 17.2. The molecule has 1 fully saturated rings. The molecular formula is C22H28N4O4. The lowest BCUT2D eigenvalue weighted by Crippen LogP contribution is -2.40. The number of ether oxygens (including phenoxy) is 1. The standard InChI is InChI=1S/C22H28N4O4/c1-14(2)17-11-18(20(28)12-19(17)27)21-23-24-22(29)26(21)16-5-3-15(4-6-16)13-25-7-9-30-10-8-25/h3-6,11-12,14,22,24,27-29H,7-10,13H2,1-2H3. The van der Waals surface area contributed by atoms with Crippen molar-refractivity contribution in [2.24, 2.45) is 5.10 Å². The van der Waals surface area contributed by atoms with Crippen molar-refractivity contribution in [1.29, 1.82) is 0 Å². The average molecular weight is 412 g/mol. The van der Waals surface area contributed by atoms with Crippen LogP contribution in [0.1, 0.15) is 36.5 Å². The molecule has 4 rings (SSSR count). The first kappa shape index (κ1) is 20.5. The van der Waals surface area contributed by atoms with E-state index in [4.69, 9.17) is 4.74 Å². The molecule has 30 heavy (non-hydrogen) atoms. The van der Waals surface area contributed by atoms with Crippen molar-refractivity contribution in [2.45, 2.75) is 32.7 Å². The van der Waals surface area contributed by atoms with Gasteiger partial charge >= 0.3 is 0 Å². The maximum absolute atomic E-state index is 10.5. The third-order valence-electron chi connectivity index (χ3n) is 5.49. The van der Waals surface area contributed by atoms with E-state index in [9.17, 15) is 15.3 Å². The van der Waals surface area contributed by atoms with Crippen molar-refractivity contribution < 1.29 is 20.1 Å². The first-order valence-electron chi connectivity index (χ1n) is 10.2. The molecule has 1 saturated heterocycles. The van der Waals surface area contributed by atoms with Gasteiger partial charge in [0.05, 0.1) is 18.8 Å². The molecule has 0 aliphatic carbocycles. The molecule has 2 aliphatic heterocycles. The van der Waals surface area contributed by atoms with Crippen molar-refractivity contribution >= 4 is 11.5 Å². The van der Waals surface area contributed by atoms with Crippen molar-refractivity contribution in [3.8, 4) is 11.5 Å². The summed E-state index contributed by atoms with van der Waals surface area (Å²) in [7, 11) is 0. The van der Waals surface area contributed by atoms with Crippen LogP contribution in [0.15, 0.2) is 41.5 Å². The number of hydrogen-bond acceptors (Lipinski definition) is 8. The summed E-state index contributed by atoms with van der Waals surface area (Å²) in [6, 6.07) is 11.0. The molecule has 8 heteroatoms. The molecule has 160 valence electrons. The molecule has 2 aromatic rings. The van der Waals surface area contributed by atoms with Crippen molar-refractivity contribution in [3.05, 3.63) is 53.1 Å². The Kier molecular flexibility index (Phi) is 5.80. The zero-order chi connectivity index (χ0) is 21.3. The highest BCUT2D eigenvalue weighted by Gasteiger charge is 2.31. The minimum absolute atomic E-state index is 0.0392. The van der Waals surface area contributed by atoms with Crippen LogP contribution in [0.25, 0.3) is 0 Å². The summed E-state index contributed by atoms with van der Waals surface area (Å²) < 4.78 is 5.40. The van der Waals surface area contributed by atoms with Gasteiger partial charge in [-0.25, -0.2) is 0 Å². The maximum Gasteiger partial charge on any atom is 0.225 e. The number of hydrazone groups is 1. The molecule has 1 unspecified atom stereocenters. The van der Waals surface area contributed by atoms with Gasteiger partial charge in [-0.1, -0.05) is 26.0 Å². The third kappa shape index (κ3) is 4.07. The number of amidine groups is 1. The van der Waals surface area contributed by atoms with E-state index in [1.807, 2.05) is 38.1 Å². The predicted octanol–water partition coefficient (Wildman–Crippen LogP) is 2.10. The van der Waals surface area contributed by atoms with Gasteiger partial charge in [-0.3, -0.25) is 15.2 Å². The molecule has 0 amide bonds. The van der Waals surface area contributed by atoms with E-state index in [0.29, 0.717) is 17.0 Å². The molecule has 0 bridgehead atoms. The maximum atomic E-state index is 10.5. The van der Waals surface area contributed by atoms with Gasteiger partial charge in [-0.15, -0.1) is 0 Å². The number of anilines is 1. The normalized spacial score (nSPS) is 19.8. The fourth-order valence-electron chi connectivity index (χ4n) is 3.81. The number of aromatic hydroxyl groups is 2. The SMILES string of the molecule is CC(C)c1cc(C2=NNC(O)N2c2ccc(CN3CCOCC3)cc2)c(O)cc1O. The summed E-state index contributed by atoms with van der Waals surface area (Å²) >= 11 is 0. The summed E-state index contributed by atoms with van der Waals surface area (Å²) in [5, 5.41) is 35.3. The quantitative estimate of drug-likeness (QED) is 0.597. The second-order valence-corrected chi connectivity index (χ2v) is 7.95. The van der Waals surface area contributed by atoms with Crippen molar-refractivity contribution in [3.63, 3.8) is 0 Å². The fourth-order valence-corrected chi connectivity index (χ4v) is 3.81. The largest absolute Gasteiger partial charge is 0.508 e. The van der Waals surface area contributed by atoms with Crippen LogP contribution in [-0.4, -0.2) is 58.7 Å². The lowest BCUT2D eigenvalue weighted by molar-refractivity contribution is 0.0342. The Labute approximate surface area is 176 Å². The molecule has 0 aromatic heterocycles. The van der Waals surface area contributed by atoms with Crippen LogP contribution < -0.4 is 10.3 Å². The second-order valence-electron chi connectivity index (χ2n) is 7.95. The lowest BCUT2D eigenvalue weighted by Gasteiger charge is -2.27. The van der Waals surface area contributed by atoms with Crippen LogP contribution in [-0.2, 0) is 11.3 Å². The van der Waals surface area contributed by atoms with E-state index in [2.05, 4.69) is 15.4 Å². The Morgan fingerprint density at radius 3 is 2.47 bits per heavy atom. The van der Waals surface area contributed by atoms with Gasteiger partial charge in [0.15, 0.2) is 5.84 Å². The summed E-state index contributed by atoms with van der Waals surface area (Å²) in [6.07, 6.45) is -1.05. The Morgan fingerprint density at radius 1 is 1.10 bits per heavy atom. The summed E-state index contributed by atoms with van der Waals surface area (Å²) in [4.78, 5) is 3.97. The van der Waals surface area contributed by atoms with Crippen LogP contribution in [0.4, 0.5) is 5.69 Å². The lowest BCUT2D eigenvalue weighted by atomic mass is 9.98. The zero-order valence-corrected chi connectivity index (χ0v) is 17.2. The Hall–Kier alpha value is -2.81. The number of phenols is 2. The van der Waals surface area contributed by atoms with E-state index in [-0.39, 0.29) is 17.4 Å². The van der Waals surface area contributed by atoms with E-state index in [1.54, 1.807) is 11.0 Å². The Morgan fingerprint density at radius 2 is 1.80 bits per heavy atom. The van der Waals surface area contributed by atoms with E-state index in [1.165, 1.54) is 11.6 Å². The third-order valence-corrected chi connectivity index (χ3v) is 5.49. The van der Waals surface area contributed by atoms with Gasteiger partial charge in [-0.05, 0) is 35.2 Å².